The number of rotatable bonds is 5. The lowest BCUT2D eigenvalue weighted by Crippen LogP contribution is -2.29. The fraction of sp³-hybridized carbons (Fsp3) is 0.261. The maximum atomic E-state index is 13.0. The molecule has 1 heterocycles. The largest absolute Gasteiger partial charge is 0.478 e. The van der Waals surface area contributed by atoms with Crippen LogP contribution in [0.1, 0.15) is 42.3 Å². The van der Waals surface area contributed by atoms with Gasteiger partial charge in [-0.25, -0.2) is 9.59 Å². The van der Waals surface area contributed by atoms with Crippen LogP contribution in [-0.2, 0) is 20.7 Å². The van der Waals surface area contributed by atoms with Gasteiger partial charge in [0.2, 0.25) is 0 Å². The number of amides is 1. The predicted molar refractivity (Wildman–Crippen MR) is 110 cm³/mol. The number of carboxylic acid groups (broad SMARTS) is 1. The van der Waals surface area contributed by atoms with Gasteiger partial charge in [0.1, 0.15) is 5.60 Å². The number of para-hydroxylation sites is 1. The van der Waals surface area contributed by atoms with Crippen molar-refractivity contribution in [2.75, 3.05) is 11.4 Å². The summed E-state index contributed by atoms with van der Waals surface area (Å²) >= 11 is 0. The van der Waals surface area contributed by atoms with Gasteiger partial charge in [-0.05, 0) is 51.0 Å². The van der Waals surface area contributed by atoms with Crippen molar-refractivity contribution in [1.82, 2.24) is 0 Å². The highest BCUT2D eigenvalue weighted by molar-refractivity contribution is 6.34. The Labute approximate surface area is 169 Å². The third kappa shape index (κ3) is 4.71. The molecule has 0 fully saturated rings. The highest BCUT2D eigenvalue weighted by Gasteiger charge is 2.32. The first-order valence-corrected chi connectivity index (χ1v) is 9.34. The normalized spacial score (nSPS) is 14.8. The zero-order valence-electron chi connectivity index (χ0n) is 16.6. The van der Waals surface area contributed by atoms with E-state index in [9.17, 15) is 14.4 Å². The van der Waals surface area contributed by atoms with Crippen LogP contribution in [0.5, 0.6) is 0 Å². The van der Waals surface area contributed by atoms with E-state index in [0.717, 1.165) is 11.3 Å². The number of fused-ring (bicyclic) bond motifs is 1. The Kier molecular flexibility index (Phi) is 5.55. The maximum absolute atomic E-state index is 13.0. The van der Waals surface area contributed by atoms with Gasteiger partial charge < -0.3 is 14.7 Å². The topological polar surface area (TPSA) is 83.9 Å². The SMILES string of the molecule is CC(C)(C)OC(=O)/C=C1/C(=O)N(CCc2cccc(C(=O)O)c2)c2ccccc21. The fourth-order valence-corrected chi connectivity index (χ4v) is 3.22. The van der Waals surface area contributed by atoms with E-state index >= 15 is 0 Å². The Morgan fingerprint density at radius 3 is 2.52 bits per heavy atom. The van der Waals surface area contributed by atoms with Crippen LogP contribution >= 0.6 is 0 Å². The highest BCUT2D eigenvalue weighted by atomic mass is 16.6. The van der Waals surface area contributed by atoms with E-state index in [1.807, 2.05) is 24.3 Å². The molecule has 0 atom stereocenters. The molecule has 0 saturated heterocycles. The number of carbonyl (C=O) groups is 3. The molecule has 0 saturated carbocycles. The summed E-state index contributed by atoms with van der Waals surface area (Å²) in [5.74, 6) is -1.82. The molecule has 1 amide bonds. The lowest BCUT2D eigenvalue weighted by atomic mass is 10.1. The van der Waals surface area contributed by atoms with Gasteiger partial charge in [0.05, 0.1) is 16.8 Å². The van der Waals surface area contributed by atoms with Crippen LogP contribution in [0.3, 0.4) is 0 Å². The molecule has 2 aromatic carbocycles. The van der Waals surface area contributed by atoms with E-state index < -0.39 is 17.5 Å². The molecule has 150 valence electrons. The fourth-order valence-electron chi connectivity index (χ4n) is 3.22. The van der Waals surface area contributed by atoms with Crippen molar-refractivity contribution in [3.8, 4) is 0 Å². The van der Waals surface area contributed by atoms with Gasteiger partial charge in [0, 0.05) is 18.2 Å². The molecule has 1 N–H and O–H groups in total. The quantitative estimate of drug-likeness (QED) is 0.619. The molecule has 3 rings (SSSR count). The standard InChI is InChI=1S/C23H23NO5/c1-23(2,3)29-20(25)14-18-17-9-4-5-10-19(17)24(21(18)26)12-11-15-7-6-8-16(13-15)22(27)28/h4-10,13-14H,11-12H2,1-3H3,(H,27,28)/b18-14+. The first-order chi connectivity index (χ1) is 13.7. The number of benzene rings is 2. The van der Waals surface area contributed by atoms with E-state index in [1.54, 1.807) is 43.9 Å². The second kappa shape index (κ2) is 7.91. The minimum absolute atomic E-state index is 0.209. The van der Waals surface area contributed by atoms with Crippen molar-refractivity contribution in [2.24, 2.45) is 0 Å². The van der Waals surface area contributed by atoms with E-state index in [-0.39, 0.29) is 11.5 Å². The van der Waals surface area contributed by atoms with Crippen molar-refractivity contribution in [3.05, 3.63) is 71.3 Å². The zero-order chi connectivity index (χ0) is 21.2. The van der Waals surface area contributed by atoms with E-state index in [4.69, 9.17) is 9.84 Å². The molecule has 29 heavy (non-hydrogen) atoms. The molecule has 0 unspecified atom stereocenters. The number of carbonyl (C=O) groups excluding carboxylic acids is 2. The predicted octanol–water partition coefficient (Wildman–Crippen LogP) is 3.70. The van der Waals surface area contributed by atoms with Gasteiger partial charge in [-0.2, -0.15) is 0 Å². The van der Waals surface area contributed by atoms with E-state index in [2.05, 4.69) is 0 Å². The summed E-state index contributed by atoms with van der Waals surface area (Å²) in [5, 5.41) is 9.14. The van der Waals surface area contributed by atoms with Crippen molar-refractivity contribution in [1.29, 1.82) is 0 Å². The van der Waals surface area contributed by atoms with Crippen molar-refractivity contribution >= 4 is 29.1 Å². The van der Waals surface area contributed by atoms with E-state index in [1.165, 1.54) is 12.1 Å². The number of aromatic carboxylic acids is 1. The van der Waals surface area contributed by atoms with Gasteiger partial charge in [-0.3, -0.25) is 4.79 Å². The lowest BCUT2D eigenvalue weighted by molar-refractivity contribution is -0.148. The Morgan fingerprint density at radius 1 is 1.10 bits per heavy atom. The van der Waals surface area contributed by atoms with Crippen LogP contribution in [0.15, 0.2) is 54.6 Å². The van der Waals surface area contributed by atoms with Crippen LogP contribution in [0, 0.1) is 0 Å². The molecule has 2 aromatic rings. The smallest absolute Gasteiger partial charge is 0.335 e. The molecule has 0 aliphatic carbocycles. The van der Waals surface area contributed by atoms with Crippen LogP contribution in [0.2, 0.25) is 0 Å². The number of hydrogen-bond donors (Lipinski definition) is 1. The van der Waals surface area contributed by atoms with Crippen molar-refractivity contribution in [3.63, 3.8) is 0 Å². The summed E-state index contributed by atoms with van der Waals surface area (Å²) in [7, 11) is 0. The maximum Gasteiger partial charge on any atom is 0.335 e. The summed E-state index contributed by atoms with van der Waals surface area (Å²) in [5.41, 5.74) is 2.09. The van der Waals surface area contributed by atoms with Gasteiger partial charge >= 0.3 is 11.9 Å². The summed E-state index contributed by atoms with van der Waals surface area (Å²) in [6, 6.07) is 13.9. The Morgan fingerprint density at radius 2 is 1.83 bits per heavy atom. The average molecular weight is 393 g/mol. The summed E-state index contributed by atoms with van der Waals surface area (Å²) in [6.07, 6.45) is 1.73. The van der Waals surface area contributed by atoms with Crippen LogP contribution in [0.25, 0.3) is 5.57 Å². The van der Waals surface area contributed by atoms with Crippen molar-refractivity contribution in [2.45, 2.75) is 32.8 Å². The van der Waals surface area contributed by atoms with Gasteiger partial charge in [-0.1, -0.05) is 30.3 Å². The number of hydrogen-bond acceptors (Lipinski definition) is 4. The van der Waals surface area contributed by atoms with Crippen LogP contribution < -0.4 is 4.90 Å². The van der Waals surface area contributed by atoms with Gasteiger partial charge in [0.25, 0.3) is 5.91 Å². The molecule has 1 aliphatic rings. The number of anilines is 1. The molecular formula is C23H23NO5. The molecule has 0 bridgehead atoms. The van der Waals surface area contributed by atoms with Gasteiger partial charge in [0.15, 0.2) is 0 Å². The third-order valence-corrected chi connectivity index (χ3v) is 4.43. The zero-order valence-corrected chi connectivity index (χ0v) is 16.6. The molecule has 0 spiro atoms. The number of carboxylic acids is 1. The summed E-state index contributed by atoms with van der Waals surface area (Å²) in [4.78, 5) is 38.0. The Bertz CT molecular complexity index is 1000. The second-order valence-corrected chi connectivity index (χ2v) is 7.82. The first kappa shape index (κ1) is 20.3. The van der Waals surface area contributed by atoms with Crippen LogP contribution in [0.4, 0.5) is 5.69 Å². The van der Waals surface area contributed by atoms with Crippen LogP contribution in [-0.4, -0.2) is 35.1 Å². The Hall–Kier alpha value is -3.41. The summed E-state index contributed by atoms with van der Waals surface area (Å²) in [6.45, 7) is 5.67. The number of nitrogens with zero attached hydrogens (tertiary/aromatic N) is 1. The molecule has 6 heteroatoms. The molecule has 1 aliphatic heterocycles. The monoisotopic (exact) mass is 393 g/mol. The molecule has 0 radical (unpaired) electrons. The van der Waals surface area contributed by atoms with E-state index in [0.29, 0.717) is 24.1 Å². The Balaban J connectivity index is 1.84. The third-order valence-electron chi connectivity index (χ3n) is 4.43. The summed E-state index contributed by atoms with van der Waals surface area (Å²) < 4.78 is 5.32. The molecule has 6 nitrogen and oxygen atoms in total. The first-order valence-electron chi connectivity index (χ1n) is 9.34. The minimum atomic E-state index is -0.989. The minimum Gasteiger partial charge on any atom is -0.478 e. The number of esters is 1. The molecular weight excluding hydrogens is 370 g/mol. The second-order valence-electron chi connectivity index (χ2n) is 7.82. The van der Waals surface area contributed by atoms with Crippen molar-refractivity contribution < 1.29 is 24.2 Å². The highest BCUT2D eigenvalue weighted by Crippen LogP contribution is 2.36. The molecule has 0 aromatic heterocycles. The lowest BCUT2D eigenvalue weighted by Gasteiger charge is -2.18. The van der Waals surface area contributed by atoms with Gasteiger partial charge in [-0.15, -0.1) is 0 Å². The number of ether oxygens (including phenoxy) is 1. The average Bonchev–Trinajstić information content (AvgIpc) is 2.90.